The lowest BCUT2D eigenvalue weighted by Gasteiger charge is -2.34. The lowest BCUT2D eigenvalue weighted by Crippen LogP contribution is -2.60. The molecule has 0 aromatic heterocycles. The molecule has 1 atom stereocenters. The van der Waals surface area contributed by atoms with E-state index in [2.05, 4.69) is 0 Å². The minimum atomic E-state index is -6.94. The van der Waals surface area contributed by atoms with Crippen molar-refractivity contribution in [3.8, 4) is 0 Å². The van der Waals surface area contributed by atoms with Crippen LogP contribution in [0.2, 0.25) is 0 Å². The Morgan fingerprint density at radius 1 is 0.778 bits per heavy atom. The third-order valence-electron chi connectivity index (χ3n) is 4.27. The SMILES string of the molecule is CCCCCCCCC(CCC(F)(F)C(F)(F)C(F)(F)C(F)(F)F)C(=O)O. The Hall–Kier alpha value is -1.16. The second kappa shape index (κ2) is 9.86. The van der Waals surface area contributed by atoms with Crippen LogP contribution in [0.25, 0.3) is 0 Å². The largest absolute Gasteiger partial charge is 0.481 e. The van der Waals surface area contributed by atoms with Crippen molar-refractivity contribution in [1.82, 2.24) is 0 Å². The second-order valence-corrected chi connectivity index (χ2v) is 6.48. The molecule has 1 unspecified atom stereocenters. The van der Waals surface area contributed by atoms with Gasteiger partial charge in [-0.15, -0.1) is 0 Å². The molecule has 27 heavy (non-hydrogen) atoms. The molecular formula is C16H23F9O2. The van der Waals surface area contributed by atoms with Gasteiger partial charge in [0.05, 0.1) is 5.92 Å². The van der Waals surface area contributed by atoms with Gasteiger partial charge in [0.1, 0.15) is 0 Å². The van der Waals surface area contributed by atoms with E-state index in [1.807, 2.05) is 6.92 Å². The summed E-state index contributed by atoms with van der Waals surface area (Å²) in [6.45, 7) is 1.97. The van der Waals surface area contributed by atoms with E-state index in [0.717, 1.165) is 25.7 Å². The van der Waals surface area contributed by atoms with E-state index >= 15 is 0 Å². The van der Waals surface area contributed by atoms with Crippen LogP contribution in [-0.2, 0) is 4.79 Å². The zero-order valence-electron chi connectivity index (χ0n) is 14.7. The number of unbranched alkanes of at least 4 members (excludes halogenated alkanes) is 5. The van der Waals surface area contributed by atoms with Gasteiger partial charge in [0, 0.05) is 6.42 Å². The minimum Gasteiger partial charge on any atom is -0.481 e. The van der Waals surface area contributed by atoms with Crippen molar-refractivity contribution < 1.29 is 49.4 Å². The van der Waals surface area contributed by atoms with Crippen LogP contribution in [0.1, 0.15) is 64.7 Å². The van der Waals surface area contributed by atoms with E-state index in [9.17, 15) is 44.3 Å². The van der Waals surface area contributed by atoms with Gasteiger partial charge < -0.3 is 5.11 Å². The second-order valence-electron chi connectivity index (χ2n) is 6.48. The Kier molecular flexibility index (Phi) is 9.44. The first-order valence-corrected chi connectivity index (χ1v) is 8.54. The van der Waals surface area contributed by atoms with E-state index < -0.39 is 48.7 Å². The molecule has 0 bridgehead atoms. The number of halogens is 9. The smallest absolute Gasteiger partial charge is 0.460 e. The molecule has 11 heteroatoms. The summed E-state index contributed by atoms with van der Waals surface area (Å²) in [6.07, 6.45) is -5.84. The molecule has 0 spiro atoms. The predicted octanol–water partition coefficient (Wildman–Crippen LogP) is 6.69. The van der Waals surface area contributed by atoms with Crippen LogP contribution in [0.15, 0.2) is 0 Å². The lowest BCUT2D eigenvalue weighted by atomic mass is 9.91. The molecule has 1 N–H and O–H groups in total. The zero-order valence-corrected chi connectivity index (χ0v) is 14.7. The lowest BCUT2D eigenvalue weighted by molar-refractivity contribution is -0.396. The molecule has 0 amide bonds. The summed E-state index contributed by atoms with van der Waals surface area (Å²) in [5.74, 6) is -22.5. The molecule has 0 aliphatic rings. The molecule has 0 saturated carbocycles. The zero-order chi connectivity index (χ0) is 21.5. The molecule has 0 aliphatic heterocycles. The maximum absolute atomic E-state index is 13.5. The van der Waals surface area contributed by atoms with Gasteiger partial charge in [-0.1, -0.05) is 45.4 Å². The summed E-state index contributed by atoms with van der Waals surface area (Å²) in [5.41, 5.74) is 0. The van der Waals surface area contributed by atoms with E-state index in [0.29, 0.717) is 12.8 Å². The van der Waals surface area contributed by atoms with Crippen molar-refractivity contribution in [3.63, 3.8) is 0 Å². The van der Waals surface area contributed by atoms with Crippen molar-refractivity contribution in [2.24, 2.45) is 5.92 Å². The summed E-state index contributed by atoms with van der Waals surface area (Å²) >= 11 is 0. The van der Waals surface area contributed by atoms with Crippen LogP contribution in [0.5, 0.6) is 0 Å². The van der Waals surface area contributed by atoms with Crippen LogP contribution in [0, 0.1) is 5.92 Å². The molecule has 0 aromatic rings. The highest BCUT2D eigenvalue weighted by atomic mass is 19.4. The number of hydrogen-bond acceptors (Lipinski definition) is 1. The first-order valence-electron chi connectivity index (χ1n) is 8.54. The number of alkyl halides is 9. The van der Waals surface area contributed by atoms with Crippen molar-refractivity contribution in [3.05, 3.63) is 0 Å². The summed E-state index contributed by atoms with van der Waals surface area (Å²) in [4.78, 5) is 11.0. The van der Waals surface area contributed by atoms with Crippen LogP contribution >= 0.6 is 0 Å². The van der Waals surface area contributed by atoms with Crippen LogP contribution in [-0.4, -0.2) is 35.0 Å². The predicted molar refractivity (Wildman–Crippen MR) is 79.2 cm³/mol. The monoisotopic (exact) mass is 418 g/mol. The van der Waals surface area contributed by atoms with Gasteiger partial charge in [-0.3, -0.25) is 4.79 Å². The highest BCUT2D eigenvalue weighted by molar-refractivity contribution is 5.69. The maximum atomic E-state index is 13.5. The average Bonchev–Trinajstić information content (AvgIpc) is 2.51. The topological polar surface area (TPSA) is 37.3 Å². The van der Waals surface area contributed by atoms with Crippen molar-refractivity contribution in [1.29, 1.82) is 0 Å². The fraction of sp³-hybridized carbons (Fsp3) is 0.938. The molecule has 0 rings (SSSR count). The van der Waals surface area contributed by atoms with Gasteiger partial charge in [-0.25, -0.2) is 0 Å². The number of carboxylic acid groups (broad SMARTS) is 1. The molecule has 162 valence electrons. The van der Waals surface area contributed by atoms with Crippen LogP contribution in [0.4, 0.5) is 39.5 Å². The van der Waals surface area contributed by atoms with E-state index in [-0.39, 0.29) is 6.42 Å². The number of carbonyl (C=O) groups is 1. The molecule has 0 saturated heterocycles. The Labute approximate surface area is 151 Å². The van der Waals surface area contributed by atoms with Gasteiger partial charge in [-0.05, 0) is 12.8 Å². The fourth-order valence-electron chi connectivity index (χ4n) is 2.48. The number of aliphatic carboxylic acids is 1. The molecule has 0 fully saturated rings. The standard InChI is InChI=1S/C16H23F9O2/c1-2-3-4-5-6-7-8-11(12(26)27)9-10-13(17,18)14(19,20)15(21,22)16(23,24)25/h11H,2-10H2,1H3,(H,26,27). The highest BCUT2D eigenvalue weighted by Gasteiger charge is 2.81. The Balaban J connectivity index is 4.87. The van der Waals surface area contributed by atoms with Crippen LogP contribution in [0.3, 0.4) is 0 Å². The molecule has 0 aromatic carbocycles. The molecule has 0 heterocycles. The van der Waals surface area contributed by atoms with E-state index in [4.69, 9.17) is 5.11 Å². The minimum absolute atomic E-state index is 0.154. The summed E-state index contributed by atoms with van der Waals surface area (Å²) < 4.78 is 115. The van der Waals surface area contributed by atoms with Crippen molar-refractivity contribution >= 4 is 5.97 Å². The highest BCUT2D eigenvalue weighted by Crippen LogP contribution is 2.54. The van der Waals surface area contributed by atoms with Gasteiger partial charge in [0.2, 0.25) is 0 Å². The van der Waals surface area contributed by atoms with Gasteiger partial charge in [0.25, 0.3) is 0 Å². The molecular weight excluding hydrogens is 395 g/mol. The third-order valence-corrected chi connectivity index (χ3v) is 4.27. The Morgan fingerprint density at radius 2 is 1.26 bits per heavy atom. The molecule has 0 aliphatic carbocycles. The van der Waals surface area contributed by atoms with Crippen molar-refractivity contribution in [2.45, 2.75) is 88.7 Å². The molecule has 2 nitrogen and oxygen atoms in total. The third kappa shape index (κ3) is 6.74. The summed E-state index contributed by atoms with van der Waals surface area (Å²) in [6, 6.07) is 0. The van der Waals surface area contributed by atoms with E-state index in [1.165, 1.54) is 0 Å². The molecule has 0 radical (unpaired) electrons. The van der Waals surface area contributed by atoms with Crippen LogP contribution < -0.4 is 0 Å². The fourth-order valence-corrected chi connectivity index (χ4v) is 2.48. The summed E-state index contributed by atoms with van der Waals surface area (Å²) in [7, 11) is 0. The normalized spacial score (nSPS) is 15.0. The van der Waals surface area contributed by atoms with E-state index in [1.54, 1.807) is 0 Å². The quantitative estimate of drug-likeness (QED) is 0.267. The number of carboxylic acids is 1. The van der Waals surface area contributed by atoms with Gasteiger partial charge in [-0.2, -0.15) is 39.5 Å². The number of rotatable bonds is 13. The van der Waals surface area contributed by atoms with Gasteiger partial charge >= 0.3 is 29.9 Å². The Bertz CT molecular complexity index is 461. The maximum Gasteiger partial charge on any atom is 0.460 e. The first kappa shape index (κ1) is 25.8. The average molecular weight is 418 g/mol. The Morgan fingerprint density at radius 3 is 1.70 bits per heavy atom. The number of hydrogen-bond donors (Lipinski definition) is 1. The first-order chi connectivity index (χ1) is 12.1. The van der Waals surface area contributed by atoms with Gasteiger partial charge in [0.15, 0.2) is 0 Å². The van der Waals surface area contributed by atoms with Crippen molar-refractivity contribution in [2.75, 3.05) is 0 Å². The summed E-state index contributed by atoms with van der Waals surface area (Å²) in [5, 5.41) is 8.94.